The maximum Gasteiger partial charge on any atom is 0.416 e. The highest BCUT2D eigenvalue weighted by atomic mass is 32.2. The van der Waals surface area contributed by atoms with Gasteiger partial charge in [-0.3, -0.25) is 0 Å². The first-order valence-electron chi connectivity index (χ1n) is 7.26. The minimum atomic E-state index is -4.40. The molecule has 2 heterocycles. The molecule has 24 heavy (non-hydrogen) atoms. The highest BCUT2D eigenvalue weighted by Crippen LogP contribution is 2.51. The SMILES string of the molecule is OC1(c2ccccc2)Sc2ccc(C(F)(F)F)cc2-n2cccc21. The highest BCUT2D eigenvalue weighted by Gasteiger charge is 2.41. The second-order valence-electron chi connectivity index (χ2n) is 5.56. The molecule has 1 aliphatic rings. The quantitative estimate of drug-likeness (QED) is 0.684. The second kappa shape index (κ2) is 5.16. The zero-order valence-corrected chi connectivity index (χ0v) is 13.1. The monoisotopic (exact) mass is 347 g/mol. The summed E-state index contributed by atoms with van der Waals surface area (Å²) in [7, 11) is 0. The number of rotatable bonds is 1. The number of alkyl halides is 3. The van der Waals surface area contributed by atoms with Gasteiger partial charge in [-0.25, -0.2) is 0 Å². The van der Waals surface area contributed by atoms with Crippen molar-refractivity contribution >= 4 is 11.8 Å². The fraction of sp³-hybridized carbons (Fsp3) is 0.111. The molecule has 2 aromatic carbocycles. The van der Waals surface area contributed by atoms with Crippen molar-refractivity contribution in [2.45, 2.75) is 16.0 Å². The van der Waals surface area contributed by atoms with Crippen LogP contribution in [0.5, 0.6) is 0 Å². The van der Waals surface area contributed by atoms with Gasteiger partial charge in [0.1, 0.15) is 0 Å². The largest absolute Gasteiger partial charge is 0.416 e. The number of aliphatic hydroxyl groups is 1. The van der Waals surface area contributed by atoms with E-state index in [1.165, 1.54) is 6.07 Å². The fourth-order valence-corrected chi connectivity index (χ4v) is 4.16. The summed E-state index contributed by atoms with van der Waals surface area (Å²) in [6.45, 7) is 0. The van der Waals surface area contributed by atoms with Crippen molar-refractivity contribution in [3.8, 4) is 5.69 Å². The summed E-state index contributed by atoms with van der Waals surface area (Å²) in [5, 5.41) is 11.3. The molecule has 1 N–H and O–H groups in total. The fourth-order valence-electron chi connectivity index (χ4n) is 2.92. The van der Waals surface area contributed by atoms with Crippen molar-refractivity contribution < 1.29 is 18.3 Å². The number of hydrogen-bond donors (Lipinski definition) is 1. The van der Waals surface area contributed by atoms with E-state index in [0.717, 1.165) is 23.9 Å². The van der Waals surface area contributed by atoms with Crippen LogP contribution in [0, 0.1) is 0 Å². The minimum absolute atomic E-state index is 0.426. The van der Waals surface area contributed by atoms with E-state index in [-0.39, 0.29) is 0 Å². The van der Waals surface area contributed by atoms with Crippen LogP contribution in [0.15, 0.2) is 71.8 Å². The van der Waals surface area contributed by atoms with Crippen molar-refractivity contribution in [2.75, 3.05) is 0 Å². The van der Waals surface area contributed by atoms with E-state index in [1.54, 1.807) is 35.0 Å². The van der Waals surface area contributed by atoms with E-state index in [1.807, 2.05) is 18.2 Å². The summed E-state index contributed by atoms with van der Waals surface area (Å²) in [4.78, 5) is -0.754. The van der Waals surface area contributed by atoms with Gasteiger partial charge in [0.25, 0.3) is 0 Å². The van der Waals surface area contributed by atoms with E-state index >= 15 is 0 Å². The maximum atomic E-state index is 13.0. The molecule has 0 amide bonds. The number of fused-ring (bicyclic) bond motifs is 3. The Labute approximate surface area is 140 Å². The van der Waals surface area contributed by atoms with Crippen LogP contribution in [-0.4, -0.2) is 9.67 Å². The zero-order chi connectivity index (χ0) is 16.9. The molecule has 1 atom stereocenters. The zero-order valence-electron chi connectivity index (χ0n) is 12.3. The molecule has 1 aromatic heterocycles. The average molecular weight is 347 g/mol. The van der Waals surface area contributed by atoms with Gasteiger partial charge in [-0.2, -0.15) is 13.2 Å². The summed E-state index contributed by atoms with van der Waals surface area (Å²) in [5.74, 6) is 0. The molecule has 6 heteroatoms. The molecule has 0 saturated carbocycles. The number of hydrogen-bond acceptors (Lipinski definition) is 2. The third kappa shape index (κ3) is 2.25. The average Bonchev–Trinajstić information content (AvgIpc) is 3.05. The van der Waals surface area contributed by atoms with Gasteiger partial charge in [-0.1, -0.05) is 42.1 Å². The predicted octanol–water partition coefficient (Wildman–Crippen LogP) is 4.80. The van der Waals surface area contributed by atoms with Gasteiger partial charge in [0.05, 0.1) is 16.9 Å². The van der Waals surface area contributed by atoms with Crippen LogP contribution in [0.25, 0.3) is 5.69 Å². The molecular weight excluding hydrogens is 335 g/mol. The van der Waals surface area contributed by atoms with E-state index in [2.05, 4.69) is 0 Å². The topological polar surface area (TPSA) is 25.2 Å². The van der Waals surface area contributed by atoms with Crippen molar-refractivity contribution in [2.24, 2.45) is 0 Å². The summed E-state index contributed by atoms with van der Waals surface area (Å²) >= 11 is 1.15. The molecule has 0 saturated heterocycles. The summed E-state index contributed by atoms with van der Waals surface area (Å²) < 4.78 is 40.7. The lowest BCUT2D eigenvalue weighted by molar-refractivity contribution is -0.137. The molecule has 0 bridgehead atoms. The standard InChI is InChI=1S/C18H12F3NOS/c19-18(20,21)13-8-9-15-14(11-13)22-10-4-7-16(22)17(23,24-15)12-5-2-1-3-6-12/h1-11,23H. The Balaban J connectivity index is 1.91. The van der Waals surface area contributed by atoms with E-state index in [0.29, 0.717) is 21.8 Å². The molecule has 1 aliphatic heterocycles. The molecule has 0 aliphatic carbocycles. The minimum Gasteiger partial charge on any atom is -0.370 e. The highest BCUT2D eigenvalue weighted by molar-refractivity contribution is 8.00. The van der Waals surface area contributed by atoms with E-state index in [9.17, 15) is 18.3 Å². The number of thioether (sulfide) groups is 1. The Kier molecular flexibility index (Phi) is 3.30. The third-order valence-corrected chi connectivity index (χ3v) is 5.37. The van der Waals surface area contributed by atoms with Crippen LogP contribution >= 0.6 is 11.8 Å². The molecule has 0 spiro atoms. The number of benzene rings is 2. The Hall–Kier alpha value is -2.18. The lowest BCUT2D eigenvalue weighted by atomic mass is 10.1. The Morgan fingerprint density at radius 3 is 2.42 bits per heavy atom. The van der Waals surface area contributed by atoms with Crippen molar-refractivity contribution in [3.05, 3.63) is 83.7 Å². The van der Waals surface area contributed by atoms with Crippen LogP contribution in [0.4, 0.5) is 13.2 Å². The number of aromatic nitrogens is 1. The first-order chi connectivity index (χ1) is 11.4. The lowest BCUT2D eigenvalue weighted by Crippen LogP contribution is -2.29. The smallest absolute Gasteiger partial charge is 0.370 e. The molecule has 2 nitrogen and oxygen atoms in total. The van der Waals surface area contributed by atoms with Crippen molar-refractivity contribution in [1.82, 2.24) is 4.57 Å². The van der Waals surface area contributed by atoms with Gasteiger partial charge in [0.15, 0.2) is 4.93 Å². The Morgan fingerprint density at radius 2 is 1.71 bits per heavy atom. The number of halogens is 3. The second-order valence-corrected chi connectivity index (χ2v) is 6.79. The van der Waals surface area contributed by atoms with Gasteiger partial charge < -0.3 is 9.67 Å². The summed E-state index contributed by atoms with van der Waals surface area (Å²) in [6, 6.07) is 16.1. The van der Waals surface area contributed by atoms with Crippen molar-refractivity contribution in [3.63, 3.8) is 0 Å². The third-order valence-electron chi connectivity index (χ3n) is 4.06. The van der Waals surface area contributed by atoms with Crippen molar-refractivity contribution in [1.29, 1.82) is 0 Å². The van der Waals surface area contributed by atoms with Gasteiger partial charge in [0, 0.05) is 16.7 Å². The van der Waals surface area contributed by atoms with Crippen LogP contribution in [-0.2, 0) is 11.1 Å². The lowest BCUT2D eigenvalue weighted by Gasteiger charge is -2.35. The Morgan fingerprint density at radius 1 is 0.958 bits per heavy atom. The summed E-state index contributed by atoms with van der Waals surface area (Å²) in [6.07, 6.45) is -2.73. The first-order valence-corrected chi connectivity index (χ1v) is 8.07. The van der Waals surface area contributed by atoms with Crippen LogP contribution in [0.3, 0.4) is 0 Å². The normalized spacial score (nSPS) is 19.7. The van der Waals surface area contributed by atoms with Gasteiger partial charge >= 0.3 is 6.18 Å². The Bertz CT molecular complexity index is 904. The van der Waals surface area contributed by atoms with Gasteiger partial charge in [0.2, 0.25) is 0 Å². The van der Waals surface area contributed by atoms with Crippen LogP contribution in [0.2, 0.25) is 0 Å². The molecule has 122 valence electrons. The van der Waals surface area contributed by atoms with Gasteiger partial charge in [-0.05, 0) is 30.3 Å². The summed E-state index contributed by atoms with van der Waals surface area (Å²) in [5.41, 5.74) is 0.938. The van der Waals surface area contributed by atoms with E-state index in [4.69, 9.17) is 0 Å². The van der Waals surface area contributed by atoms with Crippen LogP contribution in [0.1, 0.15) is 16.8 Å². The molecule has 0 fully saturated rings. The number of nitrogens with zero attached hydrogens (tertiary/aromatic N) is 1. The van der Waals surface area contributed by atoms with Gasteiger partial charge in [-0.15, -0.1) is 0 Å². The predicted molar refractivity (Wildman–Crippen MR) is 86.1 cm³/mol. The first kappa shape index (κ1) is 15.4. The van der Waals surface area contributed by atoms with E-state index < -0.39 is 16.7 Å². The molecule has 4 rings (SSSR count). The molecule has 0 radical (unpaired) electrons. The van der Waals surface area contributed by atoms with Crippen LogP contribution < -0.4 is 0 Å². The molecular formula is C18H12F3NOS. The molecule has 1 unspecified atom stereocenters. The maximum absolute atomic E-state index is 13.0. The molecule has 3 aromatic rings.